The molecule has 1 aromatic rings. The zero-order valence-electron chi connectivity index (χ0n) is 11.5. The first-order chi connectivity index (χ1) is 8.61. The summed E-state index contributed by atoms with van der Waals surface area (Å²) in [6, 6.07) is 9.00. The minimum absolute atomic E-state index is 0.0342. The Labute approximate surface area is 110 Å². The van der Waals surface area contributed by atoms with Crippen molar-refractivity contribution in [2.45, 2.75) is 26.8 Å². The maximum absolute atomic E-state index is 8.93. The first kappa shape index (κ1) is 12.9. The van der Waals surface area contributed by atoms with Gasteiger partial charge in [0, 0.05) is 31.9 Å². The molecule has 1 aliphatic heterocycles. The largest absolute Gasteiger partial charge is 0.369 e. The van der Waals surface area contributed by atoms with Gasteiger partial charge in [0.15, 0.2) is 0 Å². The van der Waals surface area contributed by atoms with E-state index in [2.05, 4.69) is 47.9 Å². The summed E-state index contributed by atoms with van der Waals surface area (Å²) in [6.07, 6.45) is 0. The van der Waals surface area contributed by atoms with Crippen molar-refractivity contribution in [2.75, 3.05) is 31.1 Å². The summed E-state index contributed by atoms with van der Waals surface area (Å²) >= 11 is 0. The van der Waals surface area contributed by atoms with Crippen LogP contribution in [0.1, 0.15) is 18.1 Å². The molecule has 0 amide bonds. The molecule has 0 saturated carbocycles. The molecular formula is C15H21N3. The van der Waals surface area contributed by atoms with E-state index in [1.165, 1.54) is 16.8 Å². The summed E-state index contributed by atoms with van der Waals surface area (Å²) in [7, 11) is 0. The van der Waals surface area contributed by atoms with Crippen LogP contribution < -0.4 is 4.90 Å². The van der Waals surface area contributed by atoms with Crippen LogP contribution in [-0.4, -0.2) is 37.1 Å². The molecule has 1 heterocycles. The second kappa shape index (κ2) is 5.41. The fourth-order valence-corrected chi connectivity index (χ4v) is 2.37. The van der Waals surface area contributed by atoms with Crippen molar-refractivity contribution < 1.29 is 0 Å². The molecule has 2 rings (SSSR count). The zero-order chi connectivity index (χ0) is 13.1. The van der Waals surface area contributed by atoms with Crippen LogP contribution in [0.4, 0.5) is 5.69 Å². The number of nitrogens with zero attached hydrogens (tertiary/aromatic N) is 3. The van der Waals surface area contributed by atoms with Crippen molar-refractivity contribution in [3.63, 3.8) is 0 Å². The van der Waals surface area contributed by atoms with E-state index >= 15 is 0 Å². The molecule has 96 valence electrons. The molecular weight excluding hydrogens is 222 g/mol. The van der Waals surface area contributed by atoms with Crippen LogP contribution >= 0.6 is 0 Å². The Morgan fingerprint density at radius 3 is 2.33 bits per heavy atom. The number of hydrogen-bond donors (Lipinski definition) is 0. The number of anilines is 1. The zero-order valence-corrected chi connectivity index (χ0v) is 11.5. The predicted molar refractivity (Wildman–Crippen MR) is 74.8 cm³/mol. The van der Waals surface area contributed by atoms with E-state index in [9.17, 15) is 0 Å². The Balaban J connectivity index is 2.01. The summed E-state index contributed by atoms with van der Waals surface area (Å²) in [4.78, 5) is 4.66. The maximum atomic E-state index is 8.93. The summed E-state index contributed by atoms with van der Waals surface area (Å²) < 4.78 is 0. The van der Waals surface area contributed by atoms with E-state index in [-0.39, 0.29) is 6.04 Å². The van der Waals surface area contributed by atoms with Crippen LogP contribution in [0.2, 0.25) is 0 Å². The van der Waals surface area contributed by atoms with E-state index in [1.807, 2.05) is 6.92 Å². The van der Waals surface area contributed by atoms with Crippen LogP contribution in [0.15, 0.2) is 18.2 Å². The average Bonchev–Trinajstić information content (AvgIpc) is 2.41. The summed E-state index contributed by atoms with van der Waals surface area (Å²) in [5, 5.41) is 8.93. The Hall–Kier alpha value is -1.53. The predicted octanol–water partition coefficient (Wildman–Crippen LogP) is 2.34. The smallest absolute Gasteiger partial charge is 0.0950 e. The molecule has 0 spiro atoms. The number of aryl methyl sites for hydroxylation is 2. The van der Waals surface area contributed by atoms with Crippen molar-refractivity contribution in [3.05, 3.63) is 29.3 Å². The van der Waals surface area contributed by atoms with Gasteiger partial charge in [-0.25, -0.2) is 0 Å². The third-order valence-corrected chi connectivity index (χ3v) is 3.90. The van der Waals surface area contributed by atoms with E-state index in [1.54, 1.807) is 0 Å². The van der Waals surface area contributed by atoms with E-state index in [4.69, 9.17) is 5.26 Å². The van der Waals surface area contributed by atoms with Crippen LogP contribution in [0, 0.1) is 25.2 Å². The van der Waals surface area contributed by atoms with Gasteiger partial charge in [-0.3, -0.25) is 4.90 Å². The van der Waals surface area contributed by atoms with Crippen molar-refractivity contribution in [1.82, 2.24) is 4.90 Å². The molecule has 0 aromatic heterocycles. The molecule has 1 aliphatic rings. The van der Waals surface area contributed by atoms with E-state index in [0.717, 1.165) is 26.2 Å². The fraction of sp³-hybridized carbons (Fsp3) is 0.533. The maximum Gasteiger partial charge on any atom is 0.0950 e. The van der Waals surface area contributed by atoms with Gasteiger partial charge in [-0.2, -0.15) is 5.26 Å². The molecule has 0 radical (unpaired) electrons. The van der Waals surface area contributed by atoms with Crippen molar-refractivity contribution >= 4 is 5.69 Å². The third kappa shape index (κ3) is 2.65. The molecule has 3 heteroatoms. The molecule has 0 bridgehead atoms. The van der Waals surface area contributed by atoms with Crippen LogP contribution in [-0.2, 0) is 0 Å². The third-order valence-electron chi connectivity index (χ3n) is 3.90. The summed E-state index contributed by atoms with van der Waals surface area (Å²) in [5.74, 6) is 0. The lowest BCUT2D eigenvalue weighted by Crippen LogP contribution is -2.49. The van der Waals surface area contributed by atoms with Gasteiger partial charge in [0.25, 0.3) is 0 Å². The highest BCUT2D eigenvalue weighted by Crippen LogP contribution is 2.20. The number of nitriles is 1. The summed E-state index contributed by atoms with van der Waals surface area (Å²) in [6.45, 7) is 10.2. The summed E-state index contributed by atoms with van der Waals surface area (Å²) in [5.41, 5.74) is 4.00. The van der Waals surface area contributed by atoms with Crippen LogP contribution in [0.3, 0.4) is 0 Å². The van der Waals surface area contributed by atoms with Gasteiger partial charge in [0.1, 0.15) is 0 Å². The molecule has 3 nitrogen and oxygen atoms in total. The second-order valence-corrected chi connectivity index (χ2v) is 5.10. The highest BCUT2D eigenvalue weighted by atomic mass is 15.3. The lowest BCUT2D eigenvalue weighted by molar-refractivity contribution is 0.231. The minimum atomic E-state index is 0.0342. The normalized spacial score (nSPS) is 18.4. The van der Waals surface area contributed by atoms with Gasteiger partial charge in [-0.05, 0) is 44.0 Å². The molecule has 1 unspecified atom stereocenters. The monoisotopic (exact) mass is 243 g/mol. The topological polar surface area (TPSA) is 30.3 Å². The lowest BCUT2D eigenvalue weighted by Gasteiger charge is -2.37. The average molecular weight is 243 g/mol. The van der Waals surface area contributed by atoms with E-state index in [0.29, 0.717) is 0 Å². The highest BCUT2D eigenvalue weighted by Gasteiger charge is 2.20. The SMILES string of the molecule is Cc1ccc(N2CCN(C(C)C#N)CC2)cc1C. The molecule has 0 aliphatic carbocycles. The van der Waals surface area contributed by atoms with Gasteiger partial charge < -0.3 is 4.90 Å². The lowest BCUT2D eigenvalue weighted by atomic mass is 10.1. The molecule has 1 fully saturated rings. The highest BCUT2D eigenvalue weighted by molar-refractivity contribution is 5.51. The van der Waals surface area contributed by atoms with Crippen molar-refractivity contribution in [2.24, 2.45) is 0 Å². The molecule has 1 saturated heterocycles. The minimum Gasteiger partial charge on any atom is -0.369 e. The second-order valence-electron chi connectivity index (χ2n) is 5.10. The number of rotatable bonds is 2. The standard InChI is InChI=1S/C15H21N3/c1-12-4-5-15(10-13(12)2)18-8-6-17(7-9-18)14(3)11-16/h4-5,10,14H,6-9H2,1-3H3. The molecule has 18 heavy (non-hydrogen) atoms. The van der Waals surface area contributed by atoms with Gasteiger partial charge in [0.2, 0.25) is 0 Å². The van der Waals surface area contributed by atoms with Crippen molar-refractivity contribution in [3.8, 4) is 6.07 Å². The number of piperazine rings is 1. The Morgan fingerprint density at radius 2 is 1.78 bits per heavy atom. The Bertz CT molecular complexity index is 453. The molecule has 1 atom stereocenters. The van der Waals surface area contributed by atoms with Crippen LogP contribution in [0.5, 0.6) is 0 Å². The Kier molecular flexibility index (Phi) is 3.88. The van der Waals surface area contributed by atoms with Gasteiger partial charge >= 0.3 is 0 Å². The number of benzene rings is 1. The fourth-order valence-electron chi connectivity index (χ4n) is 2.37. The molecule has 0 N–H and O–H groups in total. The van der Waals surface area contributed by atoms with Crippen LogP contribution in [0.25, 0.3) is 0 Å². The van der Waals surface area contributed by atoms with E-state index < -0.39 is 0 Å². The van der Waals surface area contributed by atoms with Gasteiger partial charge in [-0.15, -0.1) is 0 Å². The number of hydrogen-bond acceptors (Lipinski definition) is 3. The first-order valence-corrected chi connectivity index (χ1v) is 6.57. The quantitative estimate of drug-likeness (QED) is 0.798. The van der Waals surface area contributed by atoms with Gasteiger partial charge in [-0.1, -0.05) is 6.07 Å². The van der Waals surface area contributed by atoms with Crippen molar-refractivity contribution in [1.29, 1.82) is 5.26 Å². The first-order valence-electron chi connectivity index (χ1n) is 6.57. The van der Waals surface area contributed by atoms with Gasteiger partial charge in [0.05, 0.1) is 12.1 Å². The molecule has 1 aromatic carbocycles. The Morgan fingerprint density at radius 1 is 1.11 bits per heavy atom.